The van der Waals surface area contributed by atoms with Crippen molar-refractivity contribution in [2.45, 2.75) is 44.8 Å². The minimum absolute atomic E-state index is 0.0390. The van der Waals surface area contributed by atoms with E-state index in [0.717, 1.165) is 29.5 Å². The van der Waals surface area contributed by atoms with Gasteiger partial charge in [-0.3, -0.25) is 9.20 Å². The van der Waals surface area contributed by atoms with E-state index in [0.29, 0.717) is 11.3 Å². The highest BCUT2D eigenvalue weighted by Gasteiger charge is 2.34. The van der Waals surface area contributed by atoms with Gasteiger partial charge in [0, 0.05) is 23.2 Å². The number of nitrogens with zero attached hydrogens (tertiary/aromatic N) is 3. The second-order valence-corrected chi connectivity index (χ2v) is 8.17. The number of fused-ring (bicyclic) bond motifs is 1. The van der Waals surface area contributed by atoms with Crippen molar-refractivity contribution in [3.8, 4) is 0 Å². The maximum absolute atomic E-state index is 13.6. The molecule has 7 nitrogen and oxygen atoms in total. The van der Waals surface area contributed by atoms with E-state index < -0.39 is 29.3 Å². The number of anilines is 1. The van der Waals surface area contributed by atoms with E-state index in [1.165, 1.54) is 12.1 Å². The van der Waals surface area contributed by atoms with Gasteiger partial charge in [0.25, 0.3) is 5.56 Å². The summed E-state index contributed by atoms with van der Waals surface area (Å²) in [5.74, 6) is -1.23. The highest BCUT2D eigenvalue weighted by molar-refractivity contribution is 6.29. The Morgan fingerprint density at radius 1 is 1.31 bits per heavy atom. The molecule has 3 heterocycles. The van der Waals surface area contributed by atoms with Crippen LogP contribution in [0.2, 0.25) is 5.15 Å². The number of hydrogen-bond acceptors (Lipinski definition) is 5. The minimum Gasteiger partial charge on any atom is -0.476 e. The zero-order valence-corrected chi connectivity index (χ0v) is 17.8. The van der Waals surface area contributed by atoms with Crippen molar-refractivity contribution >= 4 is 28.9 Å². The third-order valence-corrected chi connectivity index (χ3v) is 5.62. The number of nitrogens with one attached hydrogen (secondary N) is 1. The molecule has 0 amide bonds. The van der Waals surface area contributed by atoms with Crippen LogP contribution < -0.4 is 10.9 Å². The summed E-state index contributed by atoms with van der Waals surface area (Å²) < 4.78 is 41.7. The van der Waals surface area contributed by atoms with Crippen molar-refractivity contribution in [1.82, 2.24) is 14.4 Å². The summed E-state index contributed by atoms with van der Waals surface area (Å²) in [5.41, 5.74) is -0.769. The van der Waals surface area contributed by atoms with Gasteiger partial charge in [-0.05, 0) is 44.9 Å². The van der Waals surface area contributed by atoms with Crippen LogP contribution in [0.1, 0.15) is 64.6 Å². The van der Waals surface area contributed by atoms with E-state index in [-0.39, 0.29) is 33.7 Å². The van der Waals surface area contributed by atoms with Crippen LogP contribution in [0.25, 0.3) is 5.65 Å². The summed E-state index contributed by atoms with van der Waals surface area (Å²) in [5, 5.41) is 12.2. The van der Waals surface area contributed by atoms with Crippen molar-refractivity contribution in [3.63, 3.8) is 0 Å². The van der Waals surface area contributed by atoms with Crippen molar-refractivity contribution < 1.29 is 23.1 Å². The van der Waals surface area contributed by atoms with Gasteiger partial charge >= 0.3 is 12.1 Å². The number of carboxylic acids is 1. The van der Waals surface area contributed by atoms with Gasteiger partial charge in [0.2, 0.25) is 0 Å². The van der Waals surface area contributed by atoms with E-state index in [2.05, 4.69) is 15.3 Å². The number of halogens is 4. The topological polar surface area (TPSA) is 96.6 Å². The molecule has 0 spiro atoms. The van der Waals surface area contributed by atoms with Gasteiger partial charge < -0.3 is 10.4 Å². The average Bonchev–Trinajstić information content (AvgIpc) is 3.55. The van der Waals surface area contributed by atoms with Crippen LogP contribution in [-0.4, -0.2) is 25.4 Å². The Bertz CT molecular complexity index is 1300. The fourth-order valence-corrected chi connectivity index (χ4v) is 3.77. The standard InChI is InChI=1S/C21H18ClF3N4O3/c1-9-16(11-3-4-11)28-18-13(7-12(21(23,24)25)8-29(18)19(9)30)10(2)26-14-5-6-15(22)27-17(14)20(31)32/h5-8,10-11,26H,3-4H2,1-2H3,(H,31,32)/t10-/m1/s1. The maximum atomic E-state index is 13.6. The van der Waals surface area contributed by atoms with Crippen LogP contribution >= 0.6 is 11.6 Å². The monoisotopic (exact) mass is 466 g/mol. The first-order chi connectivity index (χ1) is 15.0. The number of alkyl halides is 3. The van der Waals surface area contributed by atoms with Crippen LogP contribution in [0.4, 0.5) is 18.9 Å². The molecule has 168 valence electrons. The lowest BCUT2D eigenvalue weighted by atomic mass is 10.0. The SMILES string of the molecule is Cc1c(C2CC2)nc2c([C@@H](C)Nc3ccc(Cl)nc3C(=O)O)cc(C(F)(F)F)cn2c1=O. The molecule has 4 rings (SSSR count). The highest BCUT2D eigenvalue weighted by Crippen LogP contribution is 2.40. The molecule has 1 atom stereocenters. The lowest BCUT2D eigenvalue weighted by Crippen LogP contribution is -2.24. The number of rotatable bonds is 5. The molecule has 2 N–H and O–H groups in total. The molecule has 0 aromatic carbocycles. The second-order valence-electron chi connectivity index (χ2n) is 7.78. The van der Waals surface area contributed by atoms with E-state index in [9.17, 15) is 27.9 Å². The molecule has 1 saturated carbocycles. The Labute approximate surface area is 184 Å². The van der Waals surface area contributed by atoms with E-state index >= 15 is 0 Å². The van der Waals surface area contributed by atoms with Crippen molar-refractivity contribution in [1.29, 1.82) is 0 Å². The predicted molar refractivity (Wildman–Crippen MR) is 111 cm³/mol. The Morgan fingerprint density at radius 3 is 2.59 bits per heavy atom. The summed E-state index contributed by atoms with van der Waals surface area (Å²) in [7, 11) is 0. The number of aromatic carboxylic acids is 1. The summed E-state index contributed by atoms with van der Waals surface area (Å²) in [6.45, 7) is 3.12. The van der Waals surface area contributed by atoms with Gasteiger partial charge in [0.05, 0.1) is 23.0 Å². The van der Waals surface area contributed by atoms with Crippen LogP contribution in [0, 0.1) is 6.92 Å². The number of pyridine rings is 2. The number of carbonyl (C=O) groups is 1. The molecule has 0 radical (unpaired) electrons. The van der Waals surface area contributed by atoms with Gasteiger partial charge in [-0.25, -0.2) is 14.8 Å². The zero-order chi connectivity index (χ0) is 23.4. The molecule has 32 heavy (non-hydrogen) atoms. The second kappa shape index (κ2) is 7.77. The lowest BCUT2D eigenvalue weighted by Gasteiger charge is -2.21. The van der Waals surface area contributed by atoms with Crippen LogP contribution in [0.15, 0.2) is 29.2 Å². The number of aromatic nitrogens is 3. The van der Waals surface area contributed by atoms with Crippen molar-refractivity contribution in [2.24, 2.45) is 0 Å². The molecule has 0 saturated heterocycles. The molecule has 1 fully saturated rings. The molecular formula is C21H18ClF3N4O3. The van der Waals surface area contributed by atoms with Gasteiger partial charge in [0.1, 0.15) is 10.8 Å². The highest BCUT2D eigenvalue weighted by atomic mass is 35.5. The Hall–Kier alpha value is -3.14. The quantitative estimate of drug-likeness (QED) is 0.523. The van der Waals surface area contributed by atoms with Crippen molar-refractivity contribution in [2.75, 3.05) is 5.32 Å². The molecule has 11 heteroatoms. The number of hydrogen-bond donors (Lipinski definition) is 2. The first kappa shape index (κ1) is 22.1. The lowest BCUT2D eigenvalue weighted by molar-refractivity contribution is -0.137. The molecule has 1 aliphatic rings. The van der Waals surface area contributed by atoms with E-state index in [1.54, 1.807) is 13.8 Å². The van der Waals surface area contributed by atoms with Crippen LogP contribution in [-0.2, 0) is 6.18 Å². The normalized spacial score (nSPS) is 15.1. The minimum atomic E-state index is -4.70. The molecule has 3 aromatic rings. The maximum Gasteiger partial charge on any atom is 0.417 e. The fraction of sp³-hybridized carbons (Fsp3) is 0.333. The van der Waals surface area contributed by atoms with Crippen molar-refractivity contribution in [3.05, 3.63) is 68.0 Å². The summed E-state index contributed by atoms with van der Waals surface area (Å²) in [4.78, 5) is 32.8. The largest absolute Gasteiger partial charge is 0.476 e. The van der Waals surface area contributed by atoms with Gasteiger partial charge in [-0.15, -0.1) is 0 Å². The Morgan fingerprint density at radius 2 is 2.00 bits per heavy atom. The third-order valence-electron chi connectivity index (χ3n) is 5.41. The smallest absolute Gasteiger partial charge is 0.417 e. The van der Waals surface area contributed by atoms with Crippen LogP contribution in [0.3, 0.4) is 0 Å². The molecule has 0 aliphatic heterocycles. The number of carboxylic acid groups (broad SMARTS) is 1. The molecule has 3 aromatic heterocycles. The molecule has 0 unspecified atom stereocenters. The van der Waals surface area contributed by atoms with Gasteiger partial charge in [-0.1, -0.05) is 11.6 Å². The summed E-state index contributed by atoms with van der Waals surface area (Å²) >= 11 is 5.77. The third kappa shape index (κ3) is 4.02. The Balaban J connectivity index is 1.90. The first-order valence-electron chi connectivity index (χ1n) is 9.77. The predicted octanol–water partition coefficient (Wildman–Crippen LogP) is 4.82. The molecular weight excluding hydrogens is 449 g/mol. The zero-order valence-electron chi connectivity index (χ0n) is 17.0. The average molecular weight is 467 g/mol. The van der Waals surface area contributed by atoms with Crippen LogP contribution in [0.5, 0.6) is 0 Å². The first-order valence-corrected chi connectivity index (χ1v) is 10.2. The molecule has 0 bridgehead atoms. The molecule has 1 aliphatic carbocycles. The Kier molecular flexibility index (Phi) is 5.36. The van der Waals surface area contributed by atoms with Gasteiger partial charge in [-0.2, -0.15) is 13.2 Å². The summed E-state index contributed by atoms with van der Waals surface area (Å²) in [6.07, 6.45) is -2.21. The van der Waals surface area contributed by atoms with E-state index in [4.69, 9.17) is 11.6 Å². The fourth-order valence-electron chi connectivity index (χ4n) is 3.62. The van der Waals surface area contributed by atoms with Gasteiger partial charge in [0.15, 0.2) is 5.69 Å². The van der Waals surface area contributed by atoms with E-state index in [1.807, 2.05) is 0 Å². The summed E-state index contributed by atoms with van der Waals surface area (Å²) in [6, 6.07) is 2.83.